The van der Waals surface area contributed by atoms with Crippen molar-refractivity contribution in [3.05, 3.63) is 35.4 Å². The van der Waals surface area contributed by atoms with Crippen LogP contribution in [0.3, 0.4) is 0 Å². The van der Waals surface area contributed by atoms with Crippen LogP contribution < -0.4 is 5.73 Å². The van der Waals surface area contributed by atoms with E-state index in [1.54, 1.807) is 0 Å². The Morgan fingerprint density at radius 1 is 1.38 bits per heavy atom. The number of halogens is 2. The molecule has 0 heterocycles. The van der Waals surface area contributed by atoms with Gasteiger partial charge in [-0.3, -0.25) is 4.99 Å². The number of hydrogen-bond acceptors (Lipinski definition) is 3. The third-order valence-corrected chi connectivity index (χ3v) is 3.35. The number of carbonyl (C=O) groups is 1. The summed E-state index contributed by atoms with van der Waals surface area (Å²) in [5, 5.41) is 8.77. The lowest BCUT2D eigenvalue weighted by Gasteiger charge is -2.23. The Hall–Kier alpha value is -1.82. The van der Waals surface area contributed by atoms with Crippen LogP contribution in [-0.2, 0) is 4.79 Å². The van der Waals surface area contributed by atoms with Crippen molar-refractivity contribution < 1.29 is 18.7 Å². The van der Waals surface area contributed by atoms with Crippen LogP contribution in [0.25, 0.3) is 0 Å². The second-order valence-corrected chi connectivity index (χ2v) is 5.08. The zero-order valence-electron chi connectivity index (χ0n) is 12.1. The van der Waals surface area contributed by atoms with Crippen LogP contribution in [0.5, 0.6) is 0 Å². The molecule has 3 N–H and O–H groups in total. The van der Waals surface area contributed by atoms with E-state index in [4.69, 9.17) is 10.8 Å². The van der Waals surface area contributed by atoms with E-state index in [1.165, 1.54) is 0 Å². The minimum absolute atomic E-state index is 0.191. The maximum Gasteiger partial charge on any atom is 0.329 e. The molecule has 6 heteroatoms. The molecule has 0 aliphatic carbocycles. The minimum Gasteiger partial charge on any atom is -0.480 e. The summed E-state index contributed by atoms with van der Waals surface area (Å²) in [6, 6.07) is 7.77. The predicted octanol–water partition coefficient (Wildman–Crippen LogP) is 2.63. The van der Waals surface area contributed by atoms with Crippen molar-refractivity contribution in [2.45, 2.75) is 38.7 Å². The number of aliphatic imine (C=N–C) groups is 1. The highest BCUT2D eigenvalue weighted by Crippen LogP contribution is 2.19. The first-order valence-corrected chi connectivity index (χ1v) is 6.66. The number of rotatable bonds is 7. The van der Waals surface area contributed by atoms with Gasteiger partial charge >= 0.3 is 5.97 Å². The number of hydrogen-bond donors (Lipinski definition) is 2. The third kappa shape index (κ3) is 4.60. The monoisotopic (exact) mass is 298 g/mol. The number of aliphatic carboxylic acids is 1. The van der Waals surface area contributed by atoms with Crippen LogP contribution in [0.15, 0.2) is 29.3 Å². The molecular weight excluding hydrogens is 278 g/mol. The van der Waals surface area contributed by atoms with Crippen LogP contribution in [0, 0.1) is 6.92 Å². The summed E-state index contributed by atoms with van der Waals surface area (Å²) in [5.74, 6) is -1.68. The van der Waals surface area contributed by atoms with Gasteiger partial charge in [0.1, 0.15) is 0 Å². The first kappa shape index (κ1) is 17.2. The molecule has 0 spiro atoms. The van der Waals surface area contributed by atoms with Gasteiger partial charge in [0.05, 0.1) is 0 Å². The van der Waals surface area contributed by atoms with Crippen molar-refractivity contribution in [1.82, 2.24) is 0 Å². The van der Waals surface area contributed by atoms with Crippen LogP contribution >= 0.6 is 0 Å². The van der Waals surface area contributed by atoms with E-state index in [0.717, 1.165) is 16.8 Å². The number of nitrogens with zero attached hydrogens (tertiary/aromatic N) is 1. The summed E-state index contributed by atoms with van der Waals surface area (Å²) < 4.78 is 25.4. The van der Waals surface area contributed by atoms with E-state index in [9.17, 15) is 13.6 Å². The van der Waals surface area contributed by atoms with Gasteiger partial charge in [0.25, 0.3) is 6.43 Å². The van der Waals surface area contributed by atoms with Crippen LogP contribution in [0.4, 0.5) is 8.78 Å². The Labute approximate surface area is 122 Å². The molecule has 0 aromatic heterocycles. The van der Waals surface area contributed by atoms with Crippen LogP contribution in [-0.4, -0.2) is 35.3 Å². The molecule has 0 amide bonds. The zero-order valence-corrected chi connectivity index (χ0v) is 12.1. The molecule has 0 radical (unpaired) electrons. The zero-order chi connectivity index (χ0) is 16.0. The van der Waals surface area contributed by atoms with Gasteiger partial charge in [0.2, 0.25) is 0 Å². The molecule has 116 valence electrons. The average molecular weight is 298 g/mol. The molecule has 0 aliphatic heterocycles. The normalized spacial score (nSPS) is 15.0. The van der Waals surface area contributed by atoms with Crippen LogP contribution in [0.1, 0.15) is 30.9 Å². The van der Waals surface area contributed by atoms with Crippen molar-refractivity contribution in [3.63, 3.8) is 0 Å². The predicted molar refractivity (Wildman–Crippen MR) is 78.0 cm³/mol. The fourth-order valence-corrected chi connectivity index (χ4v) is 1.81. The lowest BCUT2D eigenvalue weighted by atomic mass is 9.95. The second-order valence-electron chi connectivity index (χ2n) is 5.08. The Morgan fingerprint density at radius 3 is 2.43 bits per heavy atom. The van der Waals surface area contributed by atoms with Gasteiger partial charge in [-0.25, -0.2) is 13.6 Å². The SMILES string of the molecule is CC(=NCCCC(N)(C(=O)O)C(F)F)c1ccc(C)cc1. The van der Waals surface area contributed by atoms with E-state index >= 15 is 0 Å². The largest absolute Gasteiger partial charge is 0.480 e. The minimum atomic E-state index is -3.10. The fourth-order valence-electron chi connectivity index (χ4n) is 1.81. The summed E-state index contributed by atoms with van der Waals surface area (Å²) in [6.07, 6.45) is -3.22. The molecule has 1 atom stereocenters. The van der Waals surface area contributed by atoms with Gasteiger partial charge in [-0.1, -0.05) is 29.8 Å². The first-order valence-electron chi connectivity index (χ1n) is 6.66. The molecule has 4 nitrogen and oxygen atoms in total. The van der Waals surface area contributed by atoms with E-state index in [1.807, 2.05) is 38.1 Å². The topological polar surface area (TPSA) is 75.7 Å². The lowest BCUT2D eigenvalue weighted by molar-refractivity contribution is -0.150. The lowest BCUT2D eigenvalue weighted by Crippen LogP contribution is -2.54. The van der Waals surface area contributed by atoms with Crippen molar-refractivity contribution in [3.8, 4) is 0 Å². The molecule has 0 fully saturated rings. The van der Waals surface area contributed by atoms with Gasteiger partial charge < -0.3 is 10.8 Å². The molecular formula is C15H20F2N2O2. The summed E-state index contributed by atoms with van der Waals surface area (Å²) in [6.45, 7) is 4.07. The molecule has 1 aromatic carbocycles. The maximum absolute atomic E-state index is 12.7. The smallest absolute Gasteiger partial charge is 0.329 e. The molecule has 0 saturated carbocycles. The standard InChI is InChI=1S/C15H20F2N2O2/c1-10-4-6-12(7-5-10)11(2)19-9-3-8-15(18,13(16)17)14(20)21/h4-7,13H,3,8-9,18H2,1-2H3,(H,20,21). The molecule has 0 bridgehead atoms. The Bertz CT molecular complexity index is 515. The average Bonchev–Trinajstić information content (AvgIpc) is 2.43. The van der Waals surface area contributed by atoms with Gasteiger partial charge in [-0.05, 0) is 32.3 Å². The summed E-state index contributed by atoms with van der Waals surface area (Å²) in [7, 11) is 0. The van der Waals surface area contributed by atoms with Crippen molar-refractivity contribution >= 4 is 11.7 Å². The first-order chi connectivity index (χ1) is 9.77. The van der Waals surface area contributed by atoms with Crippen molar-refractivity contribution in [1.29, 1.82) is 0 Å². The molecule has 0 aliphatic rings. The Kier molecular flexibility index (Phi) is 5.96. The van der Waals surface area contributed by atoms with Gasteiger partial charge in [-0.15, -0.1) is 0 Å². The number of benzene rings is 1. The Balaban J connectivity index is 2.58. The summed E-state index contributed by atoms with van der Waals surface area (Å²) in [4.78, 5) is 15.1. The molecule has 1 rings (SSSR count). The van der Waals surface area contributed by atoms with Crippen molar-refractivity contribution in [2.75, 3.05) is 6.54 Å². The quantitative estimate of drug-likeness (QED) is 0.600. The Morgan fingerprint density at radius 2 is 1.95 bits per heavy atom. The second kappa shape index (κ2) is 7.26. The highest BCUT2D eigenvalue weighted by Gasteiger charge is 2.43. The number of nitrogens with two attached hydrogens (primary N) is 1. The number of carboxylic acid groups (broad SMARTS) is 1. The molecule has 1 aromatic rings. The van der Waals surface area contributed by atoms with Gasteiger partial charge in [-0.2, -0.15) is 0 Å². The number of carboxylic acids is 1. The summed E-state index contributed by atoms with van der Waals surface area (Å²) >= 11 is 0. The van der Waals surface area contributed by atoms with Gasteiger partial charge in [0.15, 0.2) is 5.54 Å². The van der Waals surface area contributed by atoms with Crippen LogP contribution in [0.2, 0.25) is 0 Å². The van der Waals surface area contributed by atoms with E-state index < -0.39 is 17.9 Å². The number of aryl methyl sites for hydroxylation is 1. The number of alkyl halides is 2. The van der Waals surface area contributed by atoms with Crippen molar-refractivity contribution in [2.24, 2.45) is 10.7 Å². The highest BCUT2D eigenvalue weighted by molar-refractivity contribution is 5.98. The fraction of sp³-hybridized carbons (Fsp3) is 0.467. The van der Waals surface area contributed by atoms with Gasteiger partial charge in [0, 0.05) is 12.3 Å². The molecule has 21 heavy (non-hydrogen) atoms. The van der Waals surface area contributed by atoms with E-state index in [2.05, 4.69) is 4.99 Å². The molecule has 1 unspecified atom stereocenters. The van der Waals surface area contributed by atoms with E-state index in [0.29, 0.717) is 0 Å². The maximum atomic E-state index is 12.7. The third-order valence-electron chi connectivity index (χ3n) is 3.35. The highest BCUT2D eigenvalue weighted by atomic mass is 19.3. The summed E-state index contributed by atoms with van der Waals surface area (Å²) in [5.41, 5.74) is 5.61. The molecule has 0 saturated heterocycles. The van der Waals surface area contributed by atoms with E-state index in [-0.39, 0.29) is 19.4 Å².